The maximum Gasteiger partial charge on any atom is 0.169 e. The van der Waals surface area contributed by atoms with Gasteiger partial charge in [0.25, 0.3) is 0 Å². The summed E-state index contributed by atoms with van der Waals surface area (Å²) in [6, 6.07) is 26.4. The molecule has 4 aromatic carbocycles. The Morgan fingerprint density at radius 3 is 2.08 bits per heavy atom. The Kier molecular flexibility index (Phi) is 12.3. The first-order valence-electron chi connectivity index (χ1n) is 17.7. The molecule has 1 aliphatic carbocycles. The number of rotatable bonds is 10. The van der Waals surface area contributed by atoms with Crippen LogP contribution < -0.4 is 14.2 Å². The van der Waals surface area contributed by atoms with Gasteiger partial charge in [0.2, 0.25) is 0 Å². The molecule has 0 spiro atoms. The van der Waals surface area contributed by atoms with Gasteiger partial charge < -0.3 is 37.7 Å². The molecule has 5 aliphatic rings. The molecule has 6 bridgehead atoms. The summed E-state index contributed by atoms with van der Waals surface area (Å²) < 4.78 is 56.9. The van der Waals surface area contributed by atoms with Crippen molar-refractivity contribution in [2.45, 2.75) is 73.4 Å². The number of hydrogen-bond donors (Lipinski definition) is 0. The molecule has 4 aliphatic heterocycles. The highest BCUT2D eigenvalue weighted by Crippen LogP contribution is 2.60. The second-order valence-corrected chi connectivity index (χ2v) is 16.3. The van der Waals surface area contributed by atoms with E-state index in [4.69, 9.17) is 33.2 Å². The minimum atomic E-state index is -2.70. The Balaban J connectivity index is 1.49. The first kappa shape index (κ1) is 37.2. The van der Waals surface area contributed by atoms with Crippen molar-refractivity contribution in [2.24, 2.45) is 5.92 Å². The topological polar surface area (TPSA) is 87.7 Å². The van der Waals surface area contributed by atoms with Crippen LogP contribution in [0.1, 0.15) is 53.0 Å². The largest absolute Gasteiger partial charge is 0.805 e. The van der Waals surface area contributed by atoms with Gasteiger partial charge in [0, 0.05) is 25.0 Å². The lowest BCUT2D eigenvalue weighted by Crippen LogP contribution is -2.42. The molecule has 51 heavy (non-hydrogen) atoms. The van der Waals surface area contributed by atoms with E-state index in [0.29, 0.717) is 34.5 Å². The molecule has 0 aromatic heterocycles. The third kappa shape index (κ3) is 8.57. The van der Waals surface area contributed by atoms with Gasteiger partial charge in [0.1, 0.15) is 25.1 Å². The zero-order chi connectivity index (χ0) is 36.0. The Labute approximate surface area is 304 Å². The molecule has 0 N–H and O–H groups in total. The van der Waals surface area contributed by atoms with E-state index in [1.807, 2.05) is 49.4 Å². The van der Waals surface area contributed by atoms with E-state index >= 15 is 0 Å². The molecule has 9 heteroatoms. The highest BCUT2D eigenvalue weighted by atomic mass is 32.3. The Bertz CT molecular complexity index is 1740. The highest BCUT2D eigenvalue weighted by molar-refractivity contribution is 8.28. The molecule has 1 fully saturated rings. The Morgan fingerprint density at radius 1 is 0.725 bits per heavy atom. The molecular formula is C42H51O8S-. The molecule has 0 saturated heterocycles. The van der Waals surface area contributed by atoms with E-state index in [-0.39, 0.29) is 31.7 Å². The van der Waals surface area contributed by atoms with Crippen LogP contribution in [0.5, 0.6) is 23.0 Å². The monoisotopic (exact) mass is 715 g/mol. The average Bonchev–Trinajstić information content (AvgIpc) is 3.14. The van der Waals surface area contributed by atoms with Crippen molar-refractivity contribution >= 4 is 10.3 Å². The van der Waals surface area contributed by atoms with Crippen molar-refractivity contribution in [1.29, 1.82) is 0 Å². The van der Waals surface area contributed by atoms with Crippen LogP contribution in [-0.4, -0.2) is 65.0 Å². The SMILES string of the molecule is COCOC1CC2CCc3ccc(OC)c(c3)Oc3ccc(cc3S(C)([O-])c3ccc(C)cc3)CCc3cc(OC)ccc3C1[C@H](OCOC)C2. The van der Waals surface area contributed by atoms with Crippen molar-refractivity contribution < 1.29 is 37.7 Å². The van der Waals surface area contributed by atoms with Crippen LogP contribution in [0.4, 0.5) is 0 Å². The predicted molar refractivity (Wildman–Crippen MR) is 199 cm³/mol. The van der Waals surface area contributed by atoms with E-state index in [0.717, 1.165) is 65.0 Å². The minimum absolute atomic E-state index is 0.0406. The van der Waals surface area contributed by atoms with E-state index in [9.17, 15) is 4.55 Å². The number of methoxy groups -OCH3 is 4. The first-order chi connectivity index (χ1) is 24.7. The van der Waals surface area contributed by atoms with Crippen LogP contribution in [0, 0.1) is 12.8 Å². The molecular weight excluding hydrogens is 665 g/mol. The van der Waals surface area contributed by atoms with E-state index in [1.165, 1.54) is 5.56 Å². The van der Waals surface area contributed by atoms with Gasteiger partial charge in [-0.15, -0.1) is 0 Å². The summed E-state index contributed by atoms with van der Waals surface area (Å²) in [5, 5.41) is 0. The normalized spacial score (nSPS) is 22.2. The lowest BCUT2D eigenvalue weighted by Gasteiger charge is -2.45. The van der Waals surface area contributed by atoms with E-state index < -0.39 is 10.3 Å². The van der Waals surface area contributed by atoms with Crippen molar-refractivity contribution in [1.82, 2.24) is 0 Å². The fraction of sp³-hybridized carbons (Fsp3) is 0.429. The fourth-order valence-electron chi connectivity index (χ4n) is 7.57. The predicted octanol–water partition coefficient (Wildman–Crippen LogP) is 8.99. The van der Waals surface area contributed by atoms with Crippen molar-refractivity contribution in [2.75, 3.05) is 48.3 Å². The summed E-state index contributed by atoms with van der Waals surface area (Å²) in [5.41, 5.74) is 5.63. The molecule has 4 heterocycles. The quantitative estimate of drug-likeness (QED) is 0.151. The summed E-state index contributed by atoms with van der Waals surface area (Å²) in [6.07, 6.45) is 6.50. The maximum atomic E-state index is 14.8. The first-order valence-corrected chi connectivity index (χ1v) is 19.6. The van der Waals surface area contributed by atoms with Gasteiger partial charge in [-0.25, -0.2) is 0 Å². The standard InChI is InChI=1S/C42H52O8S/c1-28-7-16-34(17-8-28)51(6,43)41-24-30-11-14-32-25-33(46-4)15-18-35(32)42-39(48-26-44-2)22-31(23-40(42)49-27-45-3)10-9-29-12-19-36(47-5)38(21-29)50-37(41)20-13-30/h7-8,12-13,15-21,24-25,31,39-40,42-43H,9-11,14,22-23,26-27H2,1-6H3/p-1/t31?,39-,40?,42?/m1/s1. The number of ether oxygens (including phenoxy) is 7. The van der Waals surface area contributed by atoms with Gasteiger partial charge in [-0.3, -0.25) is 10.3 Å². The number of aryl methyl sites for hydroxylation is 4. The van der Waals surface area contributed by atoms with Crippen LogP contribution in [0.2, 0.25) is 0 Å². The molecule has 4 unspecified atom stereocenters. The summed E-state index contributed by atoms with van der Waals surface area (Å²) in [6.45, 7) is 2.43. The maximum absolute atomic E-state index is 14.8. The van der Waals surface area contributed by atoms with Crippen molar-refractivity contribution in [3.05, 3.63) is 107 Å². The van der Waals surface area contributed by atoms with E-state index in [2.05, 4.69) is 36.4 Å². The number of benzene rings is 4. The van der Waals surface area contributed by atoms with Crippen LogP contribution in [-0.2, 0) is 38.2 Å². The lowest BCUT2D eigenvalue weighted by atomic mass is 9.71. The molecule has 0 amide bonds. The molecule has 9 rings (SSSR count). The van der Waals surface area contributed by atoms with Gasteiger partial charge in [-0.1, -0.05) is 48.0 Å². The second kappa shape index (κ2) is 16.8. The zero-order valence-corrected chi connectivity index (χ0v) is 31.5. The third-order valence-electron chi connectivity index (χ3n) is 10.3. The van der Waals surface area contributed by atoms with Crippen molar-refractivity contribution in [3.8, 4) is 23.0 Å². The lowest BCUT2D eigenvalue weighted by molar-refractivity contribution is -0.151. The van der Waals surface area contributed by atoms with Gasteiger partial charge in [-0.2, -0.15) is 0 Å². The van der Waals surface area contributed by atoms with Gasteiger partial charge in [0.05, 0.1) is 26.4 Å². The van der Waals surface area contributed by atoms with Crippen LogP contribution in [0.15, 0.2) is 88.7 Å². The summed E-state index contributed by atoms with van der Waals surface area (Å²) in [4.78, 5) is 1.41. The molecule has 274 valence electrons. The average molecular weight is 716 g/mol. The van der Waals surface area contributed by atoms with E-state index in [1.54, 1.807) is 34.7 Å². The summed E-state index contributed by atoms with van der Waals surface area (Å²) in [7, 11) is 3.96. The Morgan fingerprint density at radius 2 is 1.41 bits per heavy atom. The van der Waals surface area contributed by atoms with Crippen molar-refractivity contribution in [3.63, 3.8) is 0 Å². The fourth-order valence-corrected chi connectivity index (χ4v) is 9.35. The van der Waals surface area contributed by atoms with Gasteiger partial charge in [0.15, 0.2) is 11.5 Å². The smallest absolute Gasteiger partial charge is 0.169 e. The van der Waals surface area contributed by atoms with Gasteiger partial charge in [-0.05, 0) is 121 Å². The minimum Gasteiger partial charge on any atom is -0.805 e. The second-order valence-electron chi connectivity index (χ2n) is 13.7. The molecule has 1 saturated carbocycles. The summed E-state index contributed by atoms with van der Waals surface area (Å²) >= 11 is 0. The number of hydrogen-bond acceptors (Lipinski definition) is 8. The van der Waals surface area contributed by atoms with Gasteiger partial charge >= 0.3 is 0 Å². The van der Waals surface area contributed by atoms with Crippen LogP contribution in [0.25, 0.3) is 0 Å². The highest BCUT2D eigenvalue weighted by Gasteiger charge is 2.41. The third-order valence-corrected chi connectivity index (χ3v) is 12.6. The zero-order valence-electron chi connectivity index (χ0n) is 30.6. The molecule has 4 aromatic rings. The van der Waals surface area contributed by atoms with Crippen LogP contribution >= 0.6 is 10.3 Å². The molecule has 0 radical (unpaired) electrons. The molecule has 5 atom stereocenters. The van der Waals surface area contributed by atoms with Crippen LogP contribution in [0.3, 0.4) is 0 Å². The Hall–Kier alpha value is -3.57. The molecule has 8 nitrogen and oxygen atoms in total. The summed E-state index contributed by atoms with van der Waals surface area (Å²) in [5.74, 6) is 2.87.